The van der Waals surface area contributed by atoms with Crippen molar-refractivity contribution in [2.24, 2.45) is 5.73 Å². The van der Waals surface area contributed by atoms with Crippen molar-refractivity contribution in [3.63, 3.8) is 0 Å². The molecule has 0 saturated carbocycles. The summed E-state index contributed by atoms with van der Waals surface area (Å²) in [6, 6.07) is 9.96. The fraction of sp³-hybridized carbons (Fsp3) is 0.312. The molecule has 1 heterocycles. The van der Waals surface area contributed by atoms with Crippen LogP contribution in [0.5, 0.6) is 0 Å². The Morgan fingerprint density at radius 1 is 1.25 bits per heavy atom. The fourth-order valence-corrected chi connectivity index (χ4v) is 2.70. The molecule has 2 aromatic rings. The van der Waals surface area contributed by atoms with Gasteiger partial charge in [-0.05, 0) is 23.9 Å². The minimum atomic E-state index is -0.303. The molecule has 1 aliphatic rings. The predicted molar refractivity (Wildman–Crippen MR) is 77.0 cm³/mol. The molecule has 20 heavy (non-hydrogen) atoms. The summed E-state index contributed by atoms with van der Waals surface area (Å²) in [7, 11) is 0. The van der Waals surface area contributed by atoms with E-state index in [-0.39, 0.29) is 17.3 Å². The Balaban J connectivity index is 1.96. The molecule has 0 bridgehead atoms. The Kier molecular flexibility index (Phi) is 2.98. The molecule has 0 radical (unpaired) electrons. The molecule has 4 heteroatoms. The zero-order valence-electron chi connectivity index (χ0n) is 11.4. The first-order valence-corrected chi connectivity index (χ1v) is 6.79. The van der Waals surface area contributed by atoms with Crippen LogP contribution in [0.3, 0.4) is 0 Å². The zero-order chi connectivity index (χ0) is 14.3. The maximum atomic E-state index is 13.8. The number of carbonyl (C=O) groups excluding carboxylic acids is 1. The molecule has 0 atom stereocenters. The zero-order valence-corrected chi connectivity index (χ0v) is 11.4. The number of halogens is 1. The second-order valence-electron chi connectivity index (χ2n) is 5.52. The first kappa shape index (κ1) is 13.1. The van der Waals surface area contributed by atoms with Crippen LogP contribution in [0.15, 0.2) is 36.4 Å². The van der Waals surface area contributed by atoms with Gasteiger partial charge in [0.1, 0.15) is 5.82 Å². The fourth-order valence-electron chi connectivity index (χ4n) is 2.70. The maximum Gasteiger partial charge on any atom is 0.254 e. The highest BCUT2D eigenvalue weighted by Crippen LogP contribution is 2.27. The third-order valence-corrected chi connectivity index (χ3v) is 4.10. The van der Waals surface area contributed by atoms with E-state index in [9.17, 15) is 9.18 Å². The van der Waals surface area contributed by atoms with E-state index in [1.807, 2.05) is 13.0 Å². The van der Waals surface area contributed by atoms with Gasteiger partial charge in [-0.2, -0.15) is 0 Å². The van der Waals surface area contributed by atoms with Gasteiger partial charge < -0.3 is 10.6 Å². The molecule has 0 aromatic heterocycles. The number of fused-ring (bicyclic) bond motifs is 1. The summed E-state index contributed by atoms with van der Waals surface area (Å²) in [5.41, 5.74) is 6.37. The molecule has 2 aromatic carbocycles. The van der Waals surface area contributed by atoms with E-state index in [0.29, 0.717) is 29.4 Å². The van der Waals surface area contributed by atoms with E-state index in [1.54, 1.807) is 29.2 Å². The smallest absolute Gasteiger partial charge is 0.254 e. The second kappa shape index (κ2) is 4.56. The van der Waals surface area contributed by atoms with Gasteiger partial charge in [0.25, 0.3) is 5.91 Å². The van der Waals surface area contributed by atoms with Gasteiger partial charge in [-0.15, -0.1) is 0 Å². The van der Waals surface area contributed by atoms with Crippen molar-refractivity contribution in [3.8, 4) is 0 Å². The van der Waals surface area contributed by atoms with Crippen LogP contribution in [0, 0.1) is 5.82 Å². The summed E-state index contributed by atoms with van der Waals surface area (Å²) in [5.74, 6) is -0.377. The number of nitrogens with two attached hydrogens (primary N) is 1. The van der Waals surface area contributed by atoms with Crippen LogP contribution in [0.2, 0.25) is 0 Å². The Morgan fingerprint density at radius 2 is 1.90 bits per heavy atom. The molecular formula is C16H17FN2O. The first-order chi connectivity index (χ1) is 9.54. The number of hydrogen-bond acceptors (Lipinski definition) is 2. The maximum absolute atomic E-state index is 13.8. The van der Waals surface area contributed by atoms with Gasteiger partial charge in [-0.25, -0.2) is 4.39 Å². The highest BCUT2D eigenvalue weighted by atomic mass is 19.1. The molecule has 104 valence electrons. The SMILES string of the molecule is CCC1(N)CN(C(=O)c2ccc(F)c3ccccc23)C1. The predicted octanol–water partition coefficient (Wildman–Crippen LogP) is 2.54. The number of hydrogen-bond donors (Lipinski definition) is 1. The van der Waals surface area contributed by atoms with Crippen LogP contribution in [-0.2, 0) is 0 Å². The van der Waals surface area contributed by atoms with E-state index >= 15 is 0 Å². The molecule has 0 aliphatic carbocycles. The van der Waals surface area contributed by atoms with Crippen molar-refractivity contribution < 1.29 is 9.18 Å². The van der Waals surface area contributed by atoms with E-state index in [0.717, 1.165) is 6.42 Å². The van der Waals surface area contributed by atoms with Crippen LogP contribution in [0.4, 0.5) is 4.39 Å². The monoisotopic (exact) mass is 272 g/mol. The molecule has 1 saturated heterocycles. The molecule has 0 spiro atoms. The summed E-state index contributed by atoms with van der Waals surface area (Å²) in [5, 5.41) is 1.14. The number of likely N-dealkylation sites (tertiary alicyclic amines) is 1. The lowest BCUT2D eigenvalue weighted by Crippen LogP contribution is -2.68. The van der Waals surface area contributed by atoms with Crippen LogP contribution in [0.25, 0.3) is 10.8 Å². The van der Waals surface area contributed by atoms with E-state index in [4.69, 9.17) is 5.73 Å². The summed E-state index contributed by atoms with van der Waals surface area (Å²) in [6.45, 7) is 3.15. The molecule has 1 amide bonds. The molecule has 0 unspecified atom stereocenters. The quantitative estimate of drug-likeness (QED) is 0.913. The van der Waals surface area contributed by atoms with Crippen molar-refractivity contribution in [1.29, 1.82) is 0 Å². The van der Waals surface area contributed by atoms with Crippen molar-refractivity contribution >= 4 is 16.7 Å². The Bertz CT molecular complexity index is 677. The van der Waals surface area contributed by atoms with Crippen LogP contribution < -0.4 is 5.73 Å². The highest BCUT2D eigenvalue weighted by molar-refractivity contribution is 6.07. The molecular weight excluding hydrogens is 255 g/mol. The van der Waals surface area contributed by atoms with Crippen molar-refractivity contribution in [2.75, 3.05) is 13.1 Å². The van der Waals surface area contributed by atoms with Gasteiger partial charge in [0.15, 0.2) is 0 Å². The van der Waals surface area contributed by atoms with Crippen LogP contribution in [0.1, 0.15) is 23.7 Å². The largest absolute Gasteiger partial charge is 0.335 e. The first-order valence-electron chi connectivity index (χ1n) is 6.79. The highest BCUT2D eigenvalue weighted by Gasteiger charge is 2.40. The van der Waals surface area contributed by atoms with Crippen molar-refractivity contribution in [2.45, 2.75) is 18.9 Å². The summed E-state index contributed by atoms with van der Waals surface area (Å²) in [6.07, 6.45) is 0.848. The normalized spacial score (nSPS) is 17.1. The molecule has 1 fully saturated rings. The van der Waals surface area contributed by atoms with Gasteiger partial charge in [0, 0.05) is 24.0 Å². The Labute approximate surface area is 117 Å². The lowest BCUT2D eigenvalue weighted by molar-refractivity contribution is 0.0403. The molecule has 3 nitrogen and oxygen atoms in total. The minimum absolute atomic E-state index is 0.0734. The lowest BCUT2D eigenvalue weighted by atomic mass is 9.87. The van der Waals surface area contributed by atoms with Gasteiger partial charge in [-0.1, -0.05) is 31.2 Å². The number of benzene rings is 2. The number of rotatable bonds is 2. The van der Waals surface area contributed by atoms with Gasteiger partial charge in [0.2, 0.25) is 0 Å². The summed E-state index contributed by atoms with van der Waals surface area (Å²) >= 11 is 0. The van der Waals surface area contributed by atoms with Crippen LogP contribution in [-0.4, -0.2) is 29.4 Å². The van der Waals surface area contributed by atoms with E-state index in [1.165, 1.54) is 6.07 Å². The molecule has 1 aliphatic heterocycles. The number of carbonyl (C=O) groups is 1. The van der Waals surface area contributed by atoms with Crippen molar-refractivity contribution in [3.05, 3.63) is 47.8 Å². The Hall–Kier alpha value is -1.94. The average Bonchev–Trinajstić information content (AvgIpc) is 2.44. The van der Waals surface area contributed by atoms with E-state index < -0.39 is 0 Å². The van der Waals surface area contributed by atoms with E-state index in [2.05, 4.69) is 0 Å². The van der Waals surface area contributed by atoms with Gasteiger partial charge in [-0.3, -0.25) is 4.79 Å². The lowest BCUT2D eigenvalue weighted by Gasteiger charge is -2.47. The third-order valence-electron chi connectivity index (χ3n) is 4.10. The average molecular weight is 272 g/mol. The second-order valence-corrected chi connectivity index (χ2v) is 5.52. The minimum Gasteiger partial charge on any atom is -0.335 e. The van der Waals surface area contributed by atoms with Crippen molar-refractivity contribution in [1.82, 2.24) is 4.90 Å². The third kappa shape index (κ3) is 1.96. The number of amides is 1. The van der Waals surface area contributed by atoms with Gasteiger partial charge >= 0.3 is 0 Å². The molecule has 2 N–H and O–H groups in total. The molecule has 3 rings (SSSR count). The number of nitrogens with zero attached hydrogens (tertiary/aromatic N) is 1. The van der Waals surface area contributed by atoms with Crippen LogP contribution >= 0.6 is 0 Å². The summed E-state index contributed by atoms with van der Waals surface area (Å²) in [4.78, 5) is 14.2. The topological polar surface area (TPSA) is 46.3 Å². The Morgan fingerprint density at radius 3 is 2.55 bits per heavy atom. The van der Waals surface area contributed by atoms with Gasteiger partial charge in [0.05, 0.1) is 5.54 Å². The standard InChI is InChI=1S/C16H17FN2O/c1-2-16(18)9-19(10-16)15(20)13-7-8-14(17)12-6-4-3-5-11(12)13/h3-8H,2,9-10,18H2,1H3. The summed E-state index contributed by atoms with van der Waals surface area (Å²) < 4.78 is 13.8.